The molecule has 0 aliphatic rings. The molecule has 4 N–H and O–H groups in total. The van der Waals surface area contributed by atoms with Crippen LogP contribution in [-0.2, 0) is 25.7 Å². The van der Waals surface area contributed by atoms with E-state index in [0.717, 1.165) is 33.5 Å². The Morgan fingerprint density at radius 2 is 1.57 bits per heavy atom. The van der Waals surface area contributed by atoms with Crippen LogP contribution in [0.1, 0.15) is 47.6 Å². The number of carbonyl (C=O) groups excluding carboxylic acids is 2. The van der Waals surface area contributed by atoms with Crippen LogP contribution >= 0.6 is 0 Å². The zero-order valence-electron chi connectivity index (χ0n) is 27.8. The Morgan fingerprint density at radius 1 is 0.837 bits per heavy atom. The Bertz CT molecular complexity index is 1880. The molecule has 0 saturated carbocycles. The van der Waals surface area contributed by atoms with E-state index in [1.165, 1.54) is 10.9 Å². The molecule has 0 fully saturated rings. The maximum Gasteiger partial charge on any atom is 0.305 e. The molecule has 0 radical (unpaired) electrons. The summed E-state index contributed by atoms with van der Waals surface area (Å²) in [5.41, 5.74) is 5.88. The Labute approximate surface area is 286 Å². The normalized spacial score (nSPS) is 12.2. The number of aliphatic carboxylic acids is 1. The summed E-state index contributed by atoms with van der Waals surface area (Å²) in [4.78, 5) is 42.9. The highest BCUT2D eigenvalue weighted by Gasteiger charge is 2.26. The first-order valence-corrected chi connectivity index (χ1v) is 16.4. The van der Waals surface area contributed by atoms with Crippen molar-refractivity contribution in [3.8, 4) is 11.1 Å². The van der Waals surface area contributed by atoms with E-state index in [-0.39, 0.29) is 32.0 Å². The molecule has 49 heavy (non-hydrogen) atoms. The van der Waals surface area contributed by atoms with Gasteiger partial charge >= 0.3 is 5.97 Å². The second kappa shape index (κ2) is 17.0. The summed E-state index contributed by atoms with van der Waals surface area (Å²) in [6.07, 6.45) is 2.09. The molecule has 4 aromatic carbocycles. The van der Waals surface area contributed by atoms with Crippen LogP contribution in [0.4, 0.5) is 5.82 Å². The molecule has 0 unspecified atom stereocenters. The van der Waals surface area contributed by atoms with Gasteiger partial charge in [0.25, 0.3) is 0 Å². The summed E-state index contributed by atoms with van der Waals surface area (Å²) in [6.45, 7) is 4.76. The molecule has 2 amide bonds. The van der Waals surface area contributed by atoms with Crippen molar-refractivity contribution in [2.24, 2.45) is 0 Å². The van der Waals surface area contributed by atoms with Crippen molar-refractivity contribution in [3.63, 3.8) is 0 Å². The predicted octanol–water partition coefficient (Wildman–Crippen LogP) is 6.74. The number of nitrogens with one attached hydrogen (secondary N) is 3. The third-order valence-corrected chi connectivity index (χ3v) is 8.31. The number of fused-ring (bicyclic) bond motifs is 1. The fourth-order valence-corrected chi connectivity index (χ4v) is 5.71. The number of ether oxygens (including phenoxy) is 1. The molecule has 1 aromatic heterocycles. The number of hydrogen-bond donors (Lipinski definition) is 4. The third kappa shape index (κ3) is 9.98. The van der Waals surface area contributed by atoms with Crippen molar-refractivity contribution in [1.82, 2.24) is 15.6 Å². The predicted molar refractivity (Wildman–Crippen MR) is 192 cm³/mol. The first kappa shape index (κ1) is 34.8. The Kier molecular flexibility index (Phi) is 12.1. The maximum atomic E-state index is 13.7. The Hall–Kier alpha value is -5.54. The van der Waals surface area contributed by atoms with Crippen LogP contribution in [0.15, 0.2) is 109 Å². The zero-order chi connectivity index (χ0) is 34.6. The molecular formula is C40H42N4O5. The molecule has 9 heteroatoms. The van der Waals surface area contributed by atoms with Gasteiger partial charge in [-0.15, -0.1) is 0 Å². The van der Waals surface area contributed by atoms with Crippen molar-refractivity contribution >= 4 is 34.4 Å². The van der Waals surface area contributed by atoms with Crippen LogP contribution in [0.2, 0.25) is 0 Å². The summed E-state index contributed by atoms with van der Waals surface area (Å²) >= 11 is 0. The second-order valence-corrected chi connectivity index (χ2v) is 12.1. The molecule has 0 aliphatic carbocycles. The van der Waals surface area contributed by atoms with Gasteiger partial charge in [0.15, 0.2) is 0 Å². The highest BCUT2D eigenvalue weighted by atomic mass is 16.5. The maximum absolute atomic E-state index is 13.7. The number of amides is 2. The lowest BCUT2D eigenvalue weighted by Gasteiger charge is -2.23. The average Bonchev–Trinajstić information content (AvgIpc) is 3.10. The second-order valence-electron chi connectivity index (χ2n) is 12.1. The number of nitrogens with zero attached hydrogens (tertiary/aromatic N) is 1. The molecule has 0 aliphatic heterocycles. The van der Waals surface area contributed by atoms with E-state index >= 15 is 0 Å². The van der Waals surface area contributed by atoms with E-state index in [2.05, 4.69) is 52.1 Å². The summed E-state index contributed by atoms with van der Waals surface area (Å²) in [5, 5.41) is 20.9. The van der Waals surface area contributed by atoms with Crippen LogP contribution in [0.5, 0.6) is 0 Å². The van der Waals surface area contributed by atoms with Gasteiger partial charge in [-0.3, -0.25) is 14.4 Å². The number of carbonyl (C=O) groups is 3. The quantitative estimate of drug-likeness (QED) is 0.0864. The topological polar surface area (TPSA) is 130 Å². The van der Waals surface area contributed by atoms with Gasteiger partial charge < -0.3 is 25.8 Å². The molecule has 5 aromatic rings. The van der Waals surface area contributed by atoms with Gasteiger partial charge in [-0.1, -0.05) is 91.0 Å². The van der Waals surface area contributed by atoms with Gasteiger partial charge in [-0.05, 0) is 76.6 Å². The fourth-order valence-electron chi connectivity index (χ4n) is 5.71. The van der Waals surface area contributed by atoms with Crippen LogP contribution in [0.25, 0.3) is 21.9 Å². The number of anilines is 1. The number of aryl methyl sites for hydroxylation is 2. The Balaban J connectivity index is 1.27. The Morgan fingerprint density at radius 3 is 2.31 bits per heavy atom. The minimum Gasteiger partial charge on any atom is -0.481 e. The largest absolute Gasteiger partial charge is 0.481 e. The lowest BCUT2D eigenvalue weighted by molar-refractivity contribution is -0.138. The summed E-state index contributed by atoms with van der Waals surface area (Å²) in [5.74, 6) is -1.16. The molecule has 252 valence electrons. The average molecular weight is 659 g/mol. The first-order chi connectivity index (χ1) is 23.8. The smallest absolute Gasteiger partial charge is 0.305 e. The van der Waals surface area contributed by atoms with Gasteiger partial charge in [-0.25, -0.2) is 4.98 Å². The number of hydrogen-bond acceptors (Lipinski definition) is 6. The van der Waals surface area contributed by atoms with Crippen molar-refractivity contribution in [3.05, 3.63) is 132 Å². The zero-order valence-corrected chi connectivity index (χ0v) is 27.8. The van der Waals surface area contributed by atoms with Gasteiger partial charge in [-0.2, -0.15) is 0 Å². The van der Waals surface area contributed by atoms with Crippen molar-refractivity contribution in [1.29, 1.82) is 0 Å². The van der Waals surface area contributed by atoms with Crippen molar-refractivity contribution in [2.45, 2.75) is 51.8 Å². The number of benzene rings is 4. The van der Waals surface area contributed by atoms with Gasteiger partial charge in [0, 0.05) is 19.2 Å². The third-order valence-electron chi connectivity index (χ3n) is 8.31. The molecule has 1 heterocycles. The van der Waals surface area contributed by atoms with E-state index in [4.69, 9.17) is 4.74 Å². The van der Waals surface area contributed by atoms with Crippen LogP contribution in [-0.4, -0.2) is 47.1 Å². The van der Waals surface area contributed by atoms with Crippen molar-refractivity contribution < 1.29 is 24.2 Å². The minimum absolute atomic E-state index is 0.0862. The lowest BCUT2D eigenvalue weighted by Crippen LogP contribution is -2.50. The van der Waals surface area contributed by atoms with E-state index in [1.54, 1.807) is 6.20 Å². The molecular weight excluding hydrogens is 616 g/mol. The van der Waals surface area contributed by atoms with Gasteiger partial charge in [0.2, 0.25) is 11.8 Å². The molecule has 0 bridgehead atoms. The summed E-state index contributed by atoms with van der Waals surface area (Å²) in [6, 6.07) is 31.5. The van der Waals surface area contributed by atoms with Crippen molar-refractivity contribution in [2.75, 3.05) is 18.5 Å². The van der Waals surface area contributed by atoms with Crippen LogP contribution < -0.4 is 16.0 Å². The standard InChI is InChI=1S/C40H42N4O5/c1-27-20-22-42-37(23-27)41-21-8-13-38(45)43-36(26-49-25-29-9-4-3-5-10-29)40(48)44-35(24-39(46)47)31-17-15-30(16-18-31)33-19-14-28(2)32-11-6-7-12-34(32)33/h3-7,9-12,14-20,22-23,35-36H,8,13,21,24-26H2,1-2H3,(H,41,42)(H,43,45)(H,44,48)(H,46,47)/t35-,36-/m0/s1. The number of rotatable bonds is 16. The SMILES string of the molecule is Cc1ccnc(NCCCC(=O)N[C@@H](COCc2ccccc2)C(=O)N[C@@H](CC(=O)O)c2ccc(-c3ccc(C)c4ccccc34)cc2)c1. The van der Waals surface area contributed by atoms with E-state index < -0.39 is 24.0 Å². The highest BCUT2D eigenvalue weighted by molar-refractivity contribution is 5.98. The molecule has 2 atom stereocenters. The summed E-state index contributed by atoms with van der Waals surface area (Å²) in [7, 11) is 0. The number of carboxylic acids is 1. The highest BCUT2D eigenvalue weighted by Crippen LogP contribution is 2.31. The fraction of sp³-hybridized carbons (Fsp3) is 0.250. The molecule has 0 saturated heterocycles. The minimum atomic E-state index is -1.06. The molecule has 0 spiro atoms. The van der Waals surface area contributed by atoms with Crippen LogP contribution in [0.3, 0.4) is 0 Å². The van der Waals surface area contributed by atoms with E-state index in [9.17, 15) is 19.5 Å². The monoisotopic (exact) mass is 658 g/mol. The van der Waals surface area contributed by atoms with Crippen LogP contribution in [0, 0.1) is 13.8 Å². The van der Waals surface area contributed by atoms with Gasteiger partial charge in [0.05, 0.1) is 25.7 Å². The number of pyridine rings is 1. The molecule has 9 nitrogen and oxygen atoms in total. The first-order valence-electron chi connectivity index (χ1n) is 16.4. The summed E-state index contributed by atoms with van der Waals surface area (Å²) < 4.78 is 5.86. The molecule has 5 rings (SSSR count). The number of carboxylic acid groups (broad SMARTS) is 1. The van der Waals surface area contributed by atoms with E-state index in [1.807, 2.05) is 85.8 Å². The lowest BCUT2D eigenvalue weighted by atomic mass is 9.94. The van der Waals surface area contributed by atoms with E-state index in [0.29, 0.717) is 18.5 Å². The number of aromatic nitrogens is 1. The van der Waals surface area contributed by atoms with Gasteiger partial charge in [0.1, 0.15) is 11.9 Å².